The van der Waals surface area contributed by atoms with Gasteiger partial charge in [-0.15, -0.1) is 0 Å². The van der Waals surface area contributed by atoms with Crippen molar-refractivity contribution >= 4 is 28.4 Å². The molecule has 140 valence electrons. The Morgan fingerprint density at radius 2 is 1.89 bits per heavy atom. The molecule has 1 fully saturated rings. The van der Waals surface area contributed by atoms with Crippen LogP contribution in [0.4, 0.5) is 0 Å². The van der Waals surface area contributed by atoms with Crippen molar-refractivity contribution < 1.29 is 9.90 Å². The largest absolute Gasteiger partial charge is 0.385 e. The van der Waals surface area contributed by atoms with Crippen LogP contribution in [-0.2, 0) is 12.6 Å². The molecule has 2 N–H and O–H groups in total. The van der Waals surface area contributed by atoms with Gasteiger partial charge in [-0.2, -0.15) is 0 Å². The number of amides is 1. The second-order valence-corrected chi connectivity index (χ2v) is 7.93. The number of aryl methyl sites for hydroxylation is 1. The number of rotatable bonds is 4. The molecule has 27 heavy (non-hydrogen) atoms. The van der Waals surface area contributed by atoms with E-state index in [2.05, 4.69) is 5.32 Å². The van der Waals surface area contributed by atoms with Crippen LogP contribution < -0.4 is 5.32 Å². The number of carbonyl (C=O) groups excluding carboxylic acids is 1. The van der Waals surface area contributed by atoms with Crippen LogP contribution >= 0.6 is 11.6 Å². The summed E-state index contributed by atoms with van der Waals surface area (Å²) in [5.74, 6) is -0.126. The first-order valence-corrected chi connectivity index (χ1v) is 9.64. The maximum Gasteiger partial charge on any atom is 0.268 e. The molecule has 0 saturated heterocycles. The van der Waals surface area contributed by atoms with Crippen LogP contribution in [0.3, 0.4) is 0 Å². The van der Waals surface area contributed by atoms with E-state index in [4.69, 9.17) is 11.6 Å². The zero-order chi connectivity index (χ0) is 19.2. The van der Waals surface area contributed by atoms with Crippen molar-refractivity contribution in [1.29, 1.82) is 0 Å². The summed E-state index contributed by atoms with van der Waals surface area (Å²) in [7, 11) is 1.87. The minimum absolute atomic E-state index is 0.126. The molecule has 1 aliphatic carbocycles. The monoisotopic (exact) mass is 382 g/mol. The fourth-order valence-corrected chi connectivity index (χ4v) is 3.92. The molecule has 0 spiro atoms. The topological polar surface area (TPSA) is 54.3 Å². The molecule has 4 nitrogen and oxygen atoms in total. The van der Waals surface area contributed by atoms with Gasteiger partial charge in [0.1, 0.15) is 5.69 Å². The molecule has 1 aliphatic rings. The van der Waals surface area contributed by atoms with Gasteiger partial charge in [-0.3, -0.25) is 4.79 Å². The van der Waals surface area contributed by atoms with Gasteiger partial charge in [0.05, 0.1) is 11.6 Å². The maximum absolute atomic E-state index is 12.8. The minimum atomic E-state index is -0.657. The average Bonchev–Trinajstić information content (AvgIpc) is 2.96. The summed E-state index contributed by atoms with van der Waals surface area (Å²) in [6.45, 7) is 1.96. The Morgan fingerprint density at radius 3 is 2.52 bits per heavy atom. The molecule has 2 aromatic carbocycles. The fraction of sp³-hybridized carbons (Fsp3) is 0.318. The van der Waals surface area contributed by atoms with E-state index in [0.29, 0.717) is 10.7 Å². The minimum Gasteiger partial charge on any atom is -0.385 e. The number of hydrogen-bond acceptors (Lipinski definition) is 2. The van der Waals surface area contributed by atoms with Gasteiger partial charge in [0.15, 0.2) is 0 Å². The van der Waals surface area contributed by atoms with Crippen molar-refractivity contribution in [3.63, 3.8) is 0 Å². The van der Waals surface area contributed by atoms with Crippen LogP contribution in [-0.4, -0.2) is 15.6 Å². The lowest BCUT2D eigenvalue weighted by Gasteiger charge is -2.37. The maximum atomic E-state index is 12.8. The van der Waals surface area contributed by atoms with Crippen LogP contribution in [0.15, 0.2) is 48.5 Å². The summed E-state index contributed by atoms with van der Waals surface area (Å²) in [5.41, 5.74) is 2.84. The van der Waals surface area contributed by atoms with Crippen LogP contribution in [0.2, 0.25) is 5.02 Å². The van der Waals surface area contributed by atoms with E-state index in [-0.39, 0.29) is 11.9 Å². The molecule has 0 radical (unpaired) electrons. The summed E-state index contributed by atoms with van der Waals surface area (Å²) in [6, 6.07) is 15.3. The highest BCUT2D eigenvalue weighted by atomic mass is 35.5. The number of fused-ring (bicyclic) bond motifs is 1. The third-order valence-corrected chi connectivity index (χ3v) is 5.95. The molecular formula is C22H23ClN2O2. The molecule has 1 saturated carbocycles. The van der Waals surface area contributed by atoms with Gasteiger partial charge in [-0.1, -0.05) is 41.9 Å². The predicted octanol–water partition coefficient (Wildman–Crippen LogP) is 4.69. The van der Waals surface area contributed by atoms with Gasteiger partial charge in [-0.05, 0) is 55.5 Å². The SMILES string of the molecule is CC(NC(=O)c1cc2ccc(Cl)cc2n1C)c1ccc(C2(O)CCC2)cc1. The summed E-state index contributed by atoms with van der Waals surface area (Å²) < 4.78 is 1.86. The van der Waals surface area contributed by atoms with Crippen molar-refractivity contribution in [2.45, 2.75) is 37.8 Å². The molecule has 3 aromatic rings. The summed E-state index contributed by atoms with van der Waals surface area (Å²) in [4.78, 5) is 12.8. The Morgan fingerprint density at radius 1 is 1.19 bits per heavy atom. The van der Waals surface area contributed by atoms with Crippen molar-refractivity contribution in [1.82, 2.24) is 9.88 Å². The number of carbonyl (C=O) groups is 1. The van der Waals surface area contributed by atoms with Gasteiger partial charge in [0.25, 0.3) is 5.91 Å². The first-order valence-electron chi connectivity index (χ1n) is 9.26. The lowest BCUT2D eigenvalue weighted by molar-refractivity contribution is -0.0388. The molecule has 1 unspecified atom stereocenters. The predicted molar refractivity (Wildman–Crippen MR) is 108 cm³/mol. The Balaban J connectivity index is 1.51. The van der Waals surface area contributed by atoms with Gasteiger partial charge in [0.2, 0.25) is 0 Å². The number of nitrogens with one attached hydrogen (secondary N) is 1. The van der Waals surface area contributed by atoms with Gasteiger partial charge < -0.3 is 15.0 Å². The van der Waals surface area contributed by atoms with Crippen LogP contribution in [0, 0.1) is 0 Å². The zero-order valence-electron chi connectivity index (χ0n) is 15.5. The van der Waals surface area contributed by atoms with Gasteiger partial charge >= 0.3 is 0 Å². The number of benzene rings is 2. The Labute approximate surface area is 163 Å². The van der Waals surface area contributed by atoms with E-state index >= 15 is 0 Å². The molecule has 1 atom stereocenters. The summed E-state index contributed by atoms with van der Waals surface area (Å²) in [5, 5.41) is 15.1. The van der Waals surface area contributed by atoms with Crippen LogP contribution in [0.25, 0.3) is 10.9 Å². The van der Waals surface area contributed by atoms with Crippen molar-refractivity contribution in [3.05, 3.63) is 70.4 Å². The van der Waals surface area contributed by atoms with E-state index < -0.39 is 5.60 Å². The highest BCUT2D eigenvalue weighted by molar-refractivity contribution is 6.31. The van der Waals surface area contributed by atoms with Crippen molar-refractivity contribution in [3.8, 4) is 0 Å². The average molecular weight is 383 g/mol. The molecule has 4 rings (SSSR count). The Kier molecular flexibility index (Phi) is 4.49. The normalized spacial score (nSPS) is 16.7. The fourth-order valence-electron chi connectivity index (χ4n) is 3.76. The number of hydrogen-bond donors (Lipinski definition) is 2. The second kappa shape index (κ2) is 6.70. The molecule has 0 aliphatic heterocycles. The third-order valence-electron chi connectivity index (χ3n) is 5.72. The molecule has 0 bridgehead atoms. The standard InChI is InChI=1S/C22H23ClN2O2/c1-14(15-4-7-17(8-5-15)22(27)10-3-11-22)24-21(26)20-12-16-6-9-18(23)13-19(16)25(20)2/h4-9,12-14,27H,3,10-11H2,1-2H3,(H,24,26). The molecule has 5 heteroatoms. The second-order valence-electron chi connectivity index (χ2n) is 7.49. The van der Waals surface area contributed by atoms with Crippen molar-refractivity contribution in [2.75, 3.05) is 0 Å². The van der Waals surface area contributed by atoms with E-state index in [1.54, 1.807) is 0 Å². The highest BCUT2D eigenvalue weighted by Crippen LogP contribution is 2.41. The molecule has 1 amide bonds. The quantitative estimate of drug-likeness (QED) is 0.687. The Bertz CT molecular complexity index is 1000. The summed E-state index contributed by atoms with van der Waals surface area (Å²) in [6.07, 6.45) is 2.72. The number of halogens is 1. The van der Waals surface area contributed by atoms with Crippen LogP contribution in [0.1, 0.15) is 53.8 Å². The highest BCUT2D eigenvalue weighted by Gasteiger charge is 2.36. The number of aromatic nitrogens is 1. The summed E-state index contributed by atoms with van der Waals surface area (Å²) >= 11 is 6.07. The number of nitrogens with zero attached hydrogens (tertiary/aromatic N) is 1. The Hall–Kier alpha value is -2.30. The van der Waals surface area contributed by atoms with E-state index in [1.165, 1.54) is 0 Å². The van der Waals surface area contributed by atoms with E-state index in [1.807, 2.05) is 67.1 Å². The molecular weight excluding hydrogens is 360 g/mol. The lowest BCUT2D eigenvalue weighted by Crippen LogP contribution is -2.33. The first kappa shape index (κ1) is 18.1. The van der Waals surface area contributed by atoms with Gasteiger partial charge in [0, 0.05) is 23.0 Å². The van der Waals surface area contributed by atoms with Gasteiger partial charge in [-0.25, -0.2) is 0 Å². The van der Waals surface area contributed by atoms with E-state index in [0.717, 1.165) is 41.3 Å². The van der Waals surface area contributed by atoms with E-state index in [9.17, 15) is 9.90 Å². The zero-order valence-corrected chi connectivity index (χ0v) is 16.3. The smallest absolute Gasteiger partial charge is 0.268 e. The molecule has 1 aromatic heterocycles. The molecule has 1 heterocycles. The third kappa shape index (κ3) is 3.24. The number of aliphatic hydroxyl groups is 1. The first-order chi connectivity index (χ1) is 12.9. The van der Waals surface area contributed by atoms with Crippen molar-refractivity contribution in [2.24, 2.45) is 7.05 Å². The lowest BCUT2D eigenvalue weighted by atomic mass is 9.75. The van der Waals surface area contributed by atoms with Crippen LogP contribution in [0.5, 0.6) is 0 Å².